The number of phosphoric ester groups is 1. The quantitative estimate of drug-likeness (QED) is 0.0289. The second kappa shape index (κ2) is 35.8. The van der Waals surface area contributed by atoms with Gasteiger partial charge in [-0.25, -0.2) is 4.57 Å². The summed E-state index contributed by atoms with van der Waals surface area (Å²) in [6.07, 6.45) is 42.5. The van der Waals surface area contributed by atoms with Crippen LogP contribution in [0.2, 0.25) is 0 Å². The maximum Gasteiger partial charge on any atom is 0.469 e. The maximum atomic E-state index is 12.4. The van der Waals surface area contributed by atoms with Crippen LogP contribution in [0.1, 0.15) is 174 Å². The molecule has 0 heterocycles. The van der Waals surface area contributed by atoms with Crippen molar-refractivity contribution in [1.29, 1.82) is 0 Å². The zero-order valence-electron chi connectivity index (χ0n) is 31.1. The van der Waals surface area contributed by atoms with Crippen LogP contribution in [-0.2, 0) is 28.2 Å². The first kappa shape index (κ1) is 47.0. The van der Waals surface area contributed by atoms with Crippen LogP contribution in [0.3, 0.4) is 0 Å². The lowest BCUT2D eigenvalue weighted by molar-refractivity contribution is -0.161. The second-order valence-corrected chi connectivity index (χ2v) is 14.1. The van der Waals surface area contributed by atoms with Gasteiger partial charge in [-0.3, -0.25) is 14.1 Å². The highest BCUT2D eigenvalue weighted by Crippen LogP contribution is 2.36. The van der Waals surface area contributed by atoms with Crippen LogP contribution in [0, 0.1) is 0 Å². The largest absolute Gasteiger partial charge is 0.469 e. The zero-order valence-corrected chi connectivity index (χ0v) is 32.0. The van der Waals surface area contributed by atoms with Gasteiger partial charge in [0, 0.05) is 12.8 Å². The molecule has 0 bridgehead atoms. The third-order valence-corrected chi connectivity index (χ3v) is 8.56. The molecule has 2 N–H and O–H groups in total. The third kappa shape index (κ3) is 38.7. The molecule has 0 unspecified atom stereocenters. The third-order valence-electron chi connectivity index (χ3n) is 8.07. The number of carbonyl (C=O) groups is 2. The van der Waals surface area contributed by atoms with Crippen molar-refractivity contribution in [1.82, 2.24) is 0 Å². The van der Waals surface area contributed by atoms with E-state index in [0.717, 1.165) is 70.6 Å². The fourth-order valence-corrected chi connectivity index (χ4v) is 5.50. The van der Waals surface area contributed by atoms with Gasteiger partial charge in [0.05, 0.1) is 6.61 Å². The van der Waals surface area contributed by atoms with Crippen molar-refractivity contribution < 1.29 is 37.9 Å². The fraction of sp³-hybridized carbons (Fsp3) is 0.750. The van der Waals surface area contributed by atoms with Gasteiger partial charge in [0.2, 0.25) is 0 Å². The maximum absolute atomic E-state index is 12.4. The van der Waals surface area contributed by atoms with Crippen molar-refractivity contribution in [3.63, 3.8) is 0 Å². The lowest BCUT2D eigenvalue weighted by atomic mass is 10.1. The molecular weight excluding hydrogens is 639 g/mol. The molecule has 1 atom stereocenters. The average Bonchev–Trinajstić information content (AvgIpc) is 3.07. The number of phosphoric acid groups is 1. The normalized spacial score (nSPS) is 13.0. The Morgan fingerprint density at radius 3 is 1.43 bits per heavy atom. The lowest BCUT2D eigenvalue weighted by Crippen LogP contribution is -2.29. The van der Waals surface area contributed by atoms with E-state index in [2.05, 4.69) is 67.0 Å². The van der Waals surface area contributed by atoms with E-state index in [4.69, 9.17) is 19.3 Å². The molecule has 0 saturated heterocycles. The number of hydrogen-bond acceptors (Lipinski definition) is 6. The van der Waals surface area contributed by atoms with Gasteiger partial charge in [-0.15, -0.1) is 0 Å². The van der Waals surface area contributed by atoms with Gasteiger partial charge in [0.1, 0.15) is 6.61 Å². The number of ether oxygens (including phenoxy) is 2. The van der Waals surface area contributed by atoms with Gasteiger partial charge < -0.3 is 19.3 Å². The Hall–Kier alpha value is -1.99. The van der Waals surface area contributed by atoms with E-state index in [0.29, 0.717) is 12.8 Å². The SMILES string of the molecule is CCCCC/C=C\C/C=C\C/C=C\CCCCCCC(=O)OC[C@H](COP(=O)(O)O)OC(=O)CCCCCCC/C=C\CCCCCCC. The van der Waals surface area contributed by atoms with Crippen molar-refractivity contribution in [3.05, 3.63) is 48.6 Å². The first-order chi connectivity index (χ1) is 23.8. The zero-order chi connectivity index (χ0) is 36.1. The Morgan fingerprint density at radius 1 is 0.531 bits per heavy atom. The minimum Gasteiger partial charge on any atom is -0.462 e. The molecule has 0 aliphatic heterocycles. The second-order valence-electron chi connectivity index (χ2n) is 12.9. The van der Waals surface area contributed by atoms with Gasteiger partial charge in [-0.1, -0.05) is 133 Å². The van der Waals surface area contributed by atoms with Gasteiger partial charge in [0.25, 0.3) is 0 Å². The van der Waals surface area contributed by atoms with Gasteiger partial charge in [0.15, 0.2) is 6.10 Å². The first-order valence-electron chi connectivity index (χ1n) is 19.4. The molecule has 0 aliphatic carbocycles. The summed E-state index contributed by atoms with van der Waals surface area (Å²) < 4.78 is 26.3. The number of rotatable bonds is 35. The molecule has 9 heteroatoms. The van der Waals surface area contributed by atoms with E-state index in [1.54, 1.807) is 0 Å². The lowest BCUT2D eigenvalue weighted by Gasteiger charge is -2.18. The van der Waals surface area contributed by atoms with Crippen LogP contribution in [0.4, 0.5) is 0 Å². The summed E-state index contributed by atoms with van der Waals surface area (Å²) >= 11 is 0. The highest BCUT2D eigenvalue weighted by atomic mass is 31.2. The Morgan fingerprint density at radius 2 is 0.918 bits per heavy atom. The Bertz CT molecular complexity index is 937. The predicted octanol–water partition coefficient (Wildman–Crippen LogP) is 11.6. The van der Waals surface area contributed by atoms with Gasteiger partial charge in [-0.05, 0) is 77.0 Å². The van der Waals surface area contributed by atoms with E-state index < -0.39 is 32.5 Å². The average molecular weight is 711 g/mol. The Kier molecular flexibility index (Phi) is 34.4. The van der Waals surface area contributed by atoms with Crippen molar-refractivity contribution in [2.45, 2.75) is 180 Å². The summed E-state index contributed by atoms with van der Waals surface area (Å²) in [5.74, 6) is -0.922. The summed E-state index contributed by atoms with van der Waals surface area (Å²) in [5.41, 5.74) is 0. The van der Waals surface area contributed by atoms with E-state index in [1.807, 2.05) is 0 Å². The smallest absolute Gasteiger partial charge is 0.462 e. The van der Waals surface area contributed by atoms with E-state index in [1.165, 1.54) is 64.2 Å². The summed E-state index contributed by atoms with van der Waals surface area (Å²) in [6, 6.07) is 0. The monoisotopic (exact) mass is 710 g/mol. The molecule has 0 aliphatic rings. The molecule has 8 nitrogen and oxygen atoms in total. The van der Waals surface area contributed by atoms with Crippen molar-refractivity contribution in [2.24, 2.45) is 0 Å². The van der Waals surface area contributed by atoms with Gasteiger partial charge in [-0.2, -0.15) is 0 Å². The molecule has 0 aromatic heterocycles. The first-order valence-corrected chi connectivity index (χ1v) is 21.0. The molecule has 49 heavy (non-hydrogen) atoms. The van der Waals surface area contributed by atoms with Crippen LogP contribution in [-0.4, -0.2) is 41.0 Å². The summed E-state index contributed by atoms with van der Waals surface area (Å²) in [5, 5.41) is 0. The van der Waals surface area contributed by atoms with Gasteiger partial charge >= 0.3 is 19.8 Å². The minimum atomic E-state index is -4.76. The van der Waals surface area contributed by atoms with E-state index >= 15 is 0 Å². The molecule has 0 amide bonds. The van der Waals surface area contributed by atoms with Crippen molar-refractivity contribution in [2.75, 3.05) is 13.2 Å². The summed E-state index contributed by atoms with van der Waals surface area (Å²) in [6.45, 7) is 3.61. The van der Waals surface area contributed by atoms with Crippen LogP contribution in [0.5, 0.6) is 0 Å². The molecule has 0 fully saturated rings. The van der Waals surface area contributed by atoms with Crippen LogP contribution >= 0.6 is 7.82 Å². The summed E-state index contributed by atoms with van der Waals surface area (Å²) in [4.78, 5) is 42.7. The Balaban J connectivity index is 4.02. The van der Waals surface area contributed by atoms with Crippen molar-refractivity contribution in [3.8, 4) is 0 Å². The number of hydrogen-bond donors (Lipinski definition) is 2. The van der Waals surface area contributed by atoms with Crippen LogP contribution < -0.4 is 0 Å². The minimum absolute atomic E-state index is 0.195. The highest BCUT2D eigenvalue weighted by Gasteiger charge is 2.22. The standard InChI is InChI=1S/C40H71O8P/c1-3-5-7-9-11-13-15-17-19-20-21-23-24-26-28-30-32-34-39(41)46-36-38(37-47-49(43,44)45)48-40(42)35-33-31-29-27-25-22-18-16-14-12-10-8-6-4-2/h11,13,16-19,21,23,38H,3-10,12,14-15,20,22,24-37H2,1-2H3,(H2,43,44,45)/b13-11-,18-16-,19-17-,23-21-/t38-/m1/s1. The number of esters is 2. The number of carbonyl (C=O) groups excluding carboxylic acids is 2. The fourth-order valence-electron chi connectivity index (χ4n) is 5.14. The highest BCUT2D eigenvalue weighted by molar-refractivity contribution is 7.46. The molecule has 0 saturated carbocycles. The van der Waals surface area contributed by atoms with E-state index in [9.17, 15) is 14.2 Å². The van der Waals surface area contributed by atoms with Crippen LogP contribution in [0.25, 0.3) is 0 Å². The molecule has 0 spiro atoms. The molecular formula is C40H71O8P. The molecule has 0 aromatic carbocycles. The molecule has 0 radical (unpaired) electrons. The van der Waals surface area contributed by atoms with E-state index in [-0.39, 0.29) is 19.4 Å². The Labute approximate surface area is 299 Å². The van der Waals surface area contributed by atoms with Crippen molar-refractivity contribution >= 4 is 19.8 Å². The van der Waals surface area contributed by atoms with Crippen LogP contribution in [0.15, 0.2) is 48.6 Å². The predicted molar refractivity (Wildman–Crippen MR) is 202 cm³/mol. The molecule has 284 valence electrons. The molecule has 0 rings (SSSR count). The topological polar surface area (TPSA) is 119 Å². The summed E-state index contributed by atoms with van der Waals surface area (Å²) in [7, 11) is -4.76. The number of unbranched alkanes of at least 4 members (excludes halogenated alkanes) is 17. The molecule has 0 aromatic rings. The number of allylic oxidation sites excluding steroid dienone is 8.